The third kappa shape index (κ3) is 1.68. The molecule has 17 heavy (non-hydrogen) atoms. The zero-order chi connectivity index (χ0) is 13.0. The Labute approximate surface area is 95.4 Å². The van der Waals surface area contributed by atoms with Crippen molar-refractivity contribution in [1.82, 2.24) is 4.90 Å². The molecule has 2 aliphatic rings. The van der Waals surface area contributed by atoms with E-state index in [1.165, 1.54) is 6.92 Å². The minimum atomic E-state index is -4.57. The van der Waals surface area contributed by atoms with E-state index in [9.17, 15) is 22.8 Å². The molecule has 2 fully saturated rings. The molecular weight excluding hydrogens is 239 g/mol. The number of amides is 1. The van der Waals surface area contributed by atoms with Gasteiger partial charge in [0, 0.05) is 19.0 Å². The van der Waals surface area contributed by atoms with Crippen LogP contribution in [0, 0.1) is 11.8 Å². The monoisotopic (exact) mass is 251 g/mol. The van der Waals surface area contributed by atoms with E-state index in [4.69, 9.17) is 5.11 Å². The number of alkyl halides is 3. The fourth-order valence-corrected chi connectivity index (χ4v) is 3.26. The van der Waals surface area contributed by atoms with Crippen molar-refractivity contribution < 1.29 is 27.9 Å². The van der Waals surface area contributed by atoms with Gasteiger partial charge in [-0.3, -0.25) is 9.59 Å². The lowest BCUT2D eigenvalue weighted by molar-refractivity contribution is -0.199. The van der Waals surface area contributed by atoms with Gasteiger partial charge in [-0.15, -0.1) is 0 Å². The molecule has 2 aliphatic heterocycles. The first-order valence-electron chi connectivity index (χ1n) is 5.33. The summed E-state index contributed by atoms with van der Waals surface area (Å²) >= 11 is 0. The van der Waals surface area contributed by atoms with Crippen LogP contribution in [0.1, 0.15) is 19.8 Å². The molecule has 4 nitrogen and oxygen atoms in total. The first kappa shape index (κ1) is 12.2. The summed E-state index contributed by atoms with van der Waals surface area (Å²) in [5.74, 6) is -5.39. The number of halogens is 3. The summed E-state index contributed by atoms with van der Waals surface area (Å²) in [6, 6.07) is -1.81. The average Bonchev–Trinajstić information content (AvgIpc) is 2.69. The molecule has 0 radical (unpaired) electrons. The quantitative estimate of drug-likeness (QED) is 0.763. The van der Waals surface area contributed by atoms with Crippen molar-refractivity contribution in [2.75, 3.05) is 0 Å². The van der Waals surface area contributed by atoms with Crippen LogP contribution >= 0.6 is 0 Å². The molecule has 96 valence electrons. The Morgan fingerprint density at radius 3 is 2.12 bits per heavy atom. The third-order valence-electron chi connectivity index (χ3n) is 3.72. The lowest BCUT2D eigenvalue weighted by atomic mass is 9.79. The molecule has 2 saturated heterocycles. The number of nitrogens with zero attached hydrogens (tertiary/aromatic N) is 1. The Balaban J connectivity index is 2.39. The number of hydrogen-bond donors (Lipinski definition) is 1. The van der Waals surface area contributed by atoms with Crippen LogP contribution in [-0.2, 0) is 9.59 Å². The second kappa shape index (κ2) is 3.61. The number of hydrogen-bond acceptors (Lipinski definition) is 2. The number of carbonyl (C=O) groups is 2. The highest BCUT2D eigenvalue weighted by Crippen LogP contribution is 2.52. The maximum absolute atomic E-state index is 12.9. The lowest BCUT2D eigenvalue weighted by Gasteiger charge is -2.27. The SMILES string of the molecule is CC(=O)N1[C@@H]2CC[C@H]1[C@H](C(F)(F)F)[C@@H]2C(=O)O. The maximum atomic E-state index is 12.9. The number of fused-ring (bicyclic) bond motifs is 2. The standard InChI is InChI=1S/C10H12F3NO3/c1-4(15)14-5-2-3-6(14)8(10(11,12)13)7(5)9(16)17/h5-8H,2-3H2,1H3,(H,16,17)/t5-,6+,7-,8+/m1/s1. The maximum Gasteiger partial charge on any atom is 0.394 e. The Morgan fingerprint density at radius 2 is 1.76 bits per heavy atom. The van der Waals surface area contributed by atoms with Crippen LogP contribution in [0.3, 0.4) is 0 Å². The molecular formula is C10H12F3NO3. The van der Waals surface area contributed by atoms with Crippen LogP contribution < -0.4 is 0 Å². The summed E-state index contributed by atoms with van der Waals surface area (Å²) in [6.45, 7) is 1.18. The van der Waals surface area contributed by atoms with Crippen LogP contribution in [-0.4, -0.2) is 40.1 Å². The highest BCUT2D eigenvalue weighted by Gasteiger charge is 2.65. The van der Waals surface area contributed by atoms with Crippen molar-refractivity contribution in [3.63, 3.8) is 0 Å². The third-order valence-corrected chi connectivity index (χ3v) is 3.72. The highest BCUT2D eigenvalue weighted by molar-refractivity contribution is 5.79. The largest absolute Gasteiger partial charge is 0.481 e. The van der Waals surface area contributed by atoms with Crippen molar-refractivity contribution in [1.29, 1.82) is 0 Å². The highest BCUT2D eigenvalue weighted by atomic mass is 19.4. The molecule has 0 aromatic rings. The summed E-state index contributed by atoms with van der Waals surface area (Å²) < 4.78 is 38.6. The molecule has 1 amide bonds. The van der Waals surface area contributed by atoms with Crippen molar-refractivity contribution in [2.24, 2.45) is 11.8 Å². The van der Waals surface area contributed by atoms with Gasteiger partial charge in [-0.05, 0) is 12.8 Å². The number of rotatable bonds is 1. The van der Waals surface area contributed by atoms with Gasteiger partial charge in [-0.1, -0.05) is 0 Å². The van der Waals surface area contributed by atoms with Crippen molar-refractivity contribution in [2.45, 2.75) is 38.0 Å². The molecule has 0 spiro atoms. The van der Waals surface area contributed by atoms with Crippen molar-refractivity contribution in [3.8, 4) is 0 Å². The summed E-state index contributed by atoms with van der Waals surface area (Å²) in [6.07, 6.45) is -4.00. The number of carboxylic acids is 1. The second-order valence-electron chi connectivity index (χ2n) is 4.57. The smallest absolute Gasteiger partial charge is 0.394 e. The molecule has 4 atom stereocenters. The van der Waals surface area contributed by atoms with E-state index in [0.29, 0.717) is 6.42 Å². The number of carbonyl (C=O) groups excluding carboxylic acids is 1. The van der Waals surface area contributed by atoms with Gasteiger partial charge in [0.1, 0.15) is 0 Å². The van der Waals surface area contributed by atoms with Crippen molar-refractivity contribution >= 4 is 11.9 Å². The summed E-state index contributed by atoms with van der Waals surface area (Å²) in [5.41, 5.74) is 0. The Hall–Kier alpha value is -1.27. The molecule has 2 heterocycles. The predicted molar refractivity (Wildman–Crippen MR) is 50.0 cm³/mol. The fourth-order valence-electron chi connectivity index (χ4n) is 3.26. The van der Waals surface area contributed by atoms with Gasteiger partial charge in [0.2, 0.25) is 5.91 Å². The van der Waals surface area contributed by atoms with Crippen LogP contribution in [0.15, 0.2) is 0 Å². The first-order chi connectivity index (χ1) is 7.75. The summed E-state index contributed by atoms with van der Waals surface area (Å²) in [5, 5.41) is 8.93. The topological polar surface area (TPSA) is 57.6 Å². The molecule has 1 N–H and O–H groups in total. The van der Waals surface area contributed by atoms with Gasteiger partial charge in [0.15, 0.2) is 0 Å². The van der Waals surface area contributed by atoms with E-state index in [2.05, 4.69) is 0 Å². The van der Waals surface area contributed by atoms with E-state index < -0.39 is 42.0 Å². The van der Waals surface area contributed by atoms with Crippen molar-refractivity contribution in [3.05, 3.63) is 0 Å². The molecule has 2 bridgehead atoms. The van der Waals surface area contributed by atoms with Gasteiger partial charge in [0.05, 0.1) is 11.8 Å². The molecule has 0 aromatic carbocycles. The van der Waals surface area contributed by atoms with E-state index >= 15 is 0 Å². The van der Waals surface area contributed by atoms with Gasteiger partial charge in [0.25, 0.3) is 0 Å². The van der Waals surface area contributed by atoms with Gasteiger partial charge in [-0.2, -0.15) is 13.2 Å². The fraction of sp³-hybridized carbons (Fsp3) is 0.800. The molecule has 2 rings (SSSR count). The van der Waals surface area contributed by atoms with E-state index in [1.807, 2.05) is 0 Å². The summed E-state index contributed by atoms with van der Waals surface area (Å²) in [7, 11) is 0. The zero-order valence-corrected chi connectivity index (χ0v) is 9.07. The molecule has 7 heteroatoms. The van der Waals surface area contributed by atoms with E-state index in [0.717, 1.165) is 4.90 Å². The average molecular weight is 251 g/mol. The Morgan fingerprint density at radius 1 is 1.24 bits per heavy atom. The van der Waals surface area contributed by atoms with E-state index in [-0.39, 0.29) is 6.42 Å². The minimum Gasteiger partial charge on any atom is -0.481 e. The first-order valence-corrected chi connectivity index (χ1v) is 5.33. The summed E-state index contributed by atoms with van der Waals surface area (Å²) in [4.78, 5) is 23.4. The van der Waals surface area contributed by atoms with Crippen LogP contribution in [0.4, 0.5) is 13.2 Å². The Kier molecular flexibility index (Phi) is 2.59. The van der Waals surface area contributed by atoms with Crippen LogP contribution in [0.2, 0.25) is 0 Å². The zero-order valence-electron chi connectivity index (χ0n) is 9.07. The van der Waals surface area contributed by atoms with Gasteiger partial charge >= 0.3 is 12.1 Å². The number of aliphatic carboxylic acids is 1. The van der Waals surface area contributed by atoms with Gasteiger partial charge < -0.3 is 10.0 Å². The second-order valence-corrected chi connectivity index (χ2v) is 4.57. The van der Waals surface area contributed by atoms with E-state index in [1.54, 1.807) is 0 Å². The molecule has 0 unspecified atom stereocenters. The minimum absolute atomic E-state index is 0.234. The molecule has 0 saturated carbocycles. The van der Waals surface area contributed by atoms with Crippen LogP contribution in [0.5, 0.6) is 0 Å². The van der Waals surface area contributed by atoms with Crippen LogP contribution in [0.25, 0.3) is 0 Å². The normalized spacial score (nSPS) is 36.4. The molecule has 0 aromatic heterocycles. The number of carboxylic acid groups (broad SMARTS) is 1. The lowest BCUT2D eigenvalue weighted by Crippen LogP contribution is -2.42. The predicted octanol–water partition coefficient (Wildman–Crippen LogP) is 1.26. The van der Waals surface area contributed by atoms with Gasteiger partial charge in [-0.25, -0.2) is 0 Å². The molecule has 0 aliphatic carbocycles. The Bertz CT molecular complexity index is 368.